The standard InChI is InChI=1S/C16H13N5O4S/c22-14(18-11-4-1-5-12-13(11)20-26-19-12)10-7-17-16(24)21(15(10)23)8-9-3-2-6-25-9/h1-6,10H,7-8H2,(H,17,24)(H,18,22). The molecule has 1 aliphatic rings. The van der Waals surface area contributed by atoms with Crippen molar-refractivity contribution in [2.24, 2.45) is 5.92 Å². The molecule has 1 atom stereocenters. The van der Waals surface area contributed by atoms with Gasteiger partial charge >= 0.3 is 6.03 Å². The normalized spacial score (nSPS) is 17.4. The van der Waals surface area contributed by atoms with Crippen LogP contribution in [0.4, 0.5) is 10.5 Å². The second-order valence-corrected chi connectivity index (χ2v) is 6.20. The third-order valence-electron chi connectivity index (χ3n) is 4.02. The van der Waals surface area contributed by atoms with E-state index in [1.165, 1.54) is 6.26 Å². The third kappa shape index (κ3) is 2.90. The van der Waals surface area contributed by atoms with Crippen LogP contribution in [0.25, 0.3) is 11.0 Å². The van der Waals surface area contributed by atoms with Crippen molar-refractivity contribution in [1.29, 1.82) is 0 Å². The molecule has 10 heteroatoms. The van der Waals surface area contributed by atoms with Crippen LogP contribution in [0, 0.1) is 5.92 Å². The van der Waals surface area contributed by atoms with E-state index in [1.54, 1.807) is 30.3 Å². The lowest BCUT2D eigenvalue weighted by atomic mass is 10.0. The van der Waals surface area contributed by atoms with E-state index in [0.29, 0.717) is 22.5 Å². The Morgan fingerprint density at radius 1 is 1.31 bits per heavy atom. The number of nitrogens with one attached hydrogen (secondary N) is 2. The number of furan rings is 1. The van der Waals surface area contributed by atoms with Gasteiger partial charge < -0.3 is 15.1 Å². The van der Waals surface area contributed by atoms with Gasteiger partial charge in [0.2, 0.25) is 11.8 Å². The highest BCUT2D eigenvalue weighted by molar-refractivity contribution is 7.00. The van der Waals surface area contributed by atoms with E-state index in [2.05, 4.69) is 19.4 Å². The van der Waals surface area contributed by atoms with E-state index < -0.39 is 23.8 Å². The molecule has 2 aromatic heterocycles. The van der Waals surface area contributed by atoms with Crippen LogP contribution in [0.5, 0.6) is 0 Å². The minimum Gasteiger partial charge on any atom is -0.467 e. The number of amides is 4. The third-order valence-corrected chi connectivity index (χ3v) is 4.56. The lowest BCUT2D eigenvalue weighted by Crippen LogP contribution is -2.57. The molecule has 0 radical (unpaired) electrons. The van der Waals surface area contributed by atoms with Crippen molar-refractivity contribution in [1.82, 2.24) is 19.0 Å². The highest BCUT2D eigenvalue weighted by Gasteiger charge is 2.39. The second-order valence-electron chi connectivity index (χ2n) is 5.67. The fraction of sp³-hybridized carbons (Fsp3) is 0.188. The number of carbonyl (C=O) groups excluding carboxylic acids is 3. The van der Waals surface area contributed by atoms with Crippen LogP contribution in [0.3, 0.4) is 0 Å². The molecule has 9 nitrogen and oxygen atoms in total. The number of benzene rings is 1. The van der Waals surface area contributed by atoms with E-state index in [4.69, 9.17) is 4.42 Å². The first-order chi connectivity index (χ1) is 12.6. The van der Waals surface area contributed by atoms with Gasteiger partial charge in [-0.15, -0.1) is 0 Å². The molecule has 1 aromatic carbocycles. The lowest BCUT2D eigenvalue weighted by Gasteiger charge is -2.30. The highest BCUT2D eigenvalue weighted by Crippen LogP contribution is 2.22. The number of rotatable bonds is 4. The molecule has 4 rings (SSSR count). The van der Waals surface area contributed by atoms with Gasteiger partial charge in [-0.1, -0.05) is 6.07 Å². The maximum absolute atomic E-state index is 12.6. The Labute approximate surface area is 151 Å². The predicted molar refractivity (Wildman–Crippen MR) is 92.2 cm³/mol. The van der Waals surface area contributed by atoms with Crippen molar-refractivity contribution in [3.63, 3.8) is 0 Å². The summed E-state index contributed by atoms with van der Waals surface area (Å²) >= 11 is 1.04. The summed E-state index contributed by atoms with van der Waals surface area (Å²) in [6.07, 6.45) is 1.45. The first-order valence-electron chi connectivity index (χ1n) is 7.77. The second kappa shape index (κ2) is 6.56. The summed E-state index contributed by atoms with van der Waals surface area (Å²) in [5.74, 6) is -1.68. The fourth-order valence-corrected chi connectivity index (χ4v) is 3.25. The van der Waals surface area contributed by atoms with Crippen LogP contribution in [0.15, 0.2) is 41.0 Å². The predicted octanol–water partition coefficient (Wildman–Crippen LogP) is 1.59. The largest absolute Gasteiger partial charge is 0.467 e. The van der Waals surface area contributed by atoms with Crippen molar-refractivity contribution in [2.45, 2.75) is 6.54 Å². The van der Waals surface area contributed by atoms with Gasteiger partial charge in [0.05, 0.1) is 30.2 Å². The molecule has 0 aliphatic carbocycles. The Bertz CT molecular complexity index is 984. The summed E-state index contributed by atoms with van der Waals surface area (Å²) in [6, 6.07) is 7.97. The Kier molecular flexibility index (Phi) is 4.09. The Balaban J connectivity index is 1.53. The molecule has 3 heterocycles. The monoisotopic (exact) mass is 371 g/mol. The van der Waals surface area contributed by atoms with Crippen LogP contribution in [-0.4, -0.2) is 38.0 Å². The van der Waals surface area contributed by atoms with Crippen LogP contribution >= 0.6 is 11.7 Å². The lowest BCUT2D eigenvalue weighted by molar-refractivity contribution is -0.139. The van der Waals surface area contributed by atoms with Crippen molar-refractivity contribution in [3.8, 4) is 0 Å². The average Bonchev–Trinajstić information content (AvgIpc) is 3.30. The number of anilines is 1. The first-order valence-corrected chi connectivity index (χ1v) is 8.50. The number of hydrogen-bond donors (Lipinski definition) is 2. The van der Waals surface area contributed by atoms with Gasteiger partial charge in [0.15, 0.2) is 0 Å². The number of nitrogens with zero attached hydrogens (tertiary/aromatic N) is 3. The molecule has 0 bridgehead atoms. The van der Waals surface area contributed by atoms with Crippen molar-refractivity contribution >= 4 is 46.3 Å². The molecular formula is C16H13N5O4S. The van der Waals surface area contributed by atoms with Gasteiger partial charge in [-0.25, -0.2) is 4.79 Å². The van der Waals surface area contributed by atoms with Gasteiger partial charge in [-0.2, -0.15) is 8.75 Å². The van der Waals surface area contributed by atoms with Gasteiger partial charge in [0, 0.05) is 6.54 Å². The quantitative estimate of drug-likeness (QED) is 0.673. The van der Waals surface area contributed by atoms with E-state index in [1.807, 2.05) is 0 Å². The fourth-order valence-electron chi connectivity index (χ4n) is 2.70. The SMILES string of the molecule is O=C(Nc1cccc2nsnc12)C1CNC(=O)N(Cc2ccco2)C1=O. The van der Waals surface area contributed by atoms with Crippen LogP contribution in [0.1, 0.15) is 5.76 Å². The van der Waals surface area contributed by atoms with Gasteiger partial charge in [-0.3, -0.25) is 14.5 Å². The summed E-state index contributed by atoms with van der Waals surface area (Å²) in [5.41, 5.74) is 1.70. The Morgan fingerprint density at radius 2 is 2.19 bits per heavy atom. The number of aromatic nitrogens is 2. The summed E-state index contributed by atoms with van der Waals surface area (Å²) in [4.78, 5) is 38.2. The van der Waals surface area contributed by atoms with E-state index in [9.17, 15) is 14.4 Å². The van der Waals surface area contributed by atoms with Gasteiger partial charge in [0.25, 0.3) is 0 Å². The van der Waals surface area contributed by atoms with E-state index in [-0.39, 0.29) is 13.1 Å². The number of urea groups is 1. The molecule has 1 fully saturated rings. The molecule has 3 aromatic rings. The maximum atomic E-state index is 12.6. The minimum absolute atomic E-state index is 0.0347. The smallest absolute Gasteiger partial charge is 0.324 e. The zero-order valence-electron chi connectivity index (χ0n) is 13.3. The van der Waals surface area contributed by atoms with Crippen molar-refractivity contribution < 1.29 is 18.8 Å². The van der Waals surface area contributed by atoms with Crippen LogP contribution in [-0.2, 0) is 16.1 Å². The molecule has 2 N–H and O–H groups in total. The first kappa shape index (κ1) is 16.2. The summed E-state index contributed by atoms with van der Waals surface area (Å²) in [5, 5.41) is 5.27. The molecule has 1 saturated heterocycles. The topological polar surface area (TPSA) is 117 Å². The van der Waals surface area contributed by atoms with E-state index >= 15 is 0 Å². The number of fused-ring (bicyclic) bond motifs is 1. The minimum atomic E-state index is -1.04. The Morgan fingerprint density at radius 3 is 3.00 bits per heavy atom. The van der Waals surface area contributed by atoms with E-state index in [0.717, 1.165) is 16.6 Å². The molecule has 1 aliphatic heterocycles. The number of hydrogen-bond acceptors (Lipinski definition) is 7. The Hall–Kier alpha value is -3.27. The molecule has 1 unspecified atom stereocenters. The number of imide groups is 1. The van der Waals surface area contributed by atoms with Crippen molar-refractivity contribution in [2.75, 3.05) is 11.9 Å². The molecule has 132 valence electrons. The molecular weight excluding hydrogens is 358 g/mol. The molecule has 4 amide bonds. The molecule has 0 saturated carbocycles. The van der Waals surface area contributed by atoms with Crippen LogP contribution in [0.2, 0.25) is 0 Å². The van der Waals surface area contributed by atoms with Crippen molar-refractivity contribution in [3.05, 3.63) is 42.4 Å². The summed E-state index contributed by atoms with van der Waals surface area (Å²) in [7, 11) is 0. The average molecular weight is 371 g/mol. The summed E-state index contributed by atoms with van der Waals surface area (Å²) in [6.45, 7) is -0.101. The molecule has 26 heavy (non-hydrogen) atoms. The highest BCUT2D eigenvalue weighted by atomic mass is 32.1. The maximum Gasteiger partial charge on any atom is 0.324 e. The summed E-state index contributed by atoms with van der Waals surface area (Å²) < 4.78 is 13.4. The van der Waals surface area contributed by atoms with Crippen LogP contribution < -0.4 is 10.6 Å². The molecule has 0 spiro atoms. The number of carbonyl (C=O) groups is 3. The zero-order valence-corrected chi connectivity index (χ0v) is 14.2. The zero-order chi connectivity index (χ0) is 18.1. The van der Waals surface area contributed by atoms with Gasteiger partial charge in [-0.05, 0) is 24.3 Å². The van der Waals surface area contributed by atoms with Gasteiger partial charge in [0.1, 0.15) is 22.7 Å².